The van der Waals surface area contributed by atoms with Gasteiger partial charge in [-0.2, -0.15) is 0 Å². The molecule has 0 aliphatic heterocycles. The molecule has 1 fully saturated rings. The van der Waals surface area contributed by atoms with Crippen molar-refractivity contribution in [2.24, 2.45) is 5.92 Å². The van der Waals surface area contributed by atoms with E-state index in [1.165, 1.54) is 55.2 Å². The molecule has 1 aliphatic carbocycles. The Morgan fingerprint density at radius 3 is 2.80 bits per heavy atom. The maximum atomic E-state index is 12.4. The topological polar surface area (TPSA) is 46.9 Å². The molecule has 4 nitrogen and oxygen atoms in total. The summed E-state index contributed by atoms with van der Waals surface area (Å²) in [6, 6.07) is 9.84. The number of benzene rings is 1. The average Bonchev–Trinajstić information content (AvgIpc) is 3.01. The first-order valence-corrected chi connectivity index (χ1v) is 10.8. The zero-order valence-corrected chi connectivity index (χ0v) is 16.8. The monoisotopic (exact) mass is 393 g/mol. The summed E-state index contributed by atoms with van der Waals surface area (Å²) in [6.07, 6.45) is 6.41. The molecule has 1 aliphatic rings. The van der Waals surface area contributed by atoms with Crippen LogP contribution in [0.5, 0.6) is 0 Å². The predicted octanol–water partition coefficient (Wildman–Crippen LogP) is 4.84. The number of nitrogens with zero attached hydrogens (tertiary/aromatic N) is 2. The molecule has 0 radical (unpaired) electrons. The third-order valence-corrected chi connectivity index (χ3v) is 6.88. The van der Waals surface area contributed by atoms with Crippen LogP contribution >= 0.6 is 35.3 Å². The summed E-state index contributed by atoms with van der Waals surface area (Å²) in [5.74, 6) is 0.734. The van der Waals surface area contributed by atoms with Gasteiger partial charge in [0.25, 0.3) is 0 Å². The maximum Gasteiger partial charge on any atom is 0.233 e. The first-order valence-electron chi connectivity index (χ1n) is 8.73. The molecule has 25 heavy (non-hydrogen) atoms. The number of carbonyl (C=O) groups is 1. The first kappa shape index (κ1) is 18.6. The fraction of sp³-hybridized carbons (Fsp3) is 0.500. The highest BCUT2D eigenvalue weighted by atomic mass is 32.2. The molecule has 0 unspecified atom stereocenters. The van der Waals surface area contributed by atoms with Crippen molar-refractivity contribution in [3.8, 4) is 5.69 Å². The zero-order valence-electron chi connectivity index (χ0n) is 14.3. The highest BCUT2D eigenvalue weighted by molar-refractivity contribution is 8.02. The van der Waals surface area contributed by atoms with Gasteiger partial charge >= 0.3 is 0 Å². The summed E-state index contributed by atoms with van der Waals surface area (Å²) in [6.45, 7) is 2.73. The van der Waals surface area contributed by atoms with Crippen molar-refractivity contribution in [3.63, 3.8) is 0 Å². The molecule has 1 atom stereocenters. The molecule has 2 aromatic rings. The minimum absolute atomic E-state index is 0.0861. The van der Waals surface area contributed by atoms with Gasteiger partial charge in [-0.1, -0.05) is 60.6 Å². The third-order valence-electron chi connectivity index (χ3n) is 4.47. The standard InChI is InChI=1S/C18H23N3OS3/c1-13(16(22)19-12-14-8-4-2-5-9-14)24-17-20-21(18(23)25-17)15-10-6-3-7-11-15/h3,6-7,10-11,13-14H,2,4-5,8-9,12H2,1H3,(H,19,22)/t13-/m0/s1. The molecular formula is C18H23N3OS3. The van der Waals surface area contributed by atoms with E-state index in [0.717, 1.165) is 16.6 Å². The Hall–Kier alpha value is -1.18. The molecule has 7 heteroatoms. The van der Waals surface area contributed by atoms with Crippen LogP contribution in [0, 0.1) is 9.87 Å². The van der Waals surface area contributed by atoms with Crippen molar-refractivity contribution < 1.29 is 4.79 Å². The van der Waals surface area contributed by atoms with Gasteiger partial charge in [-0.25, -0.2) is 4.68 Å². The van der Waals surface area contributed by atoms with Crippen molar-refractivity contribution in [2.75, 3.05) is 6.54 Å². The maximum absolute atomic E-state index is 12.4. The van der Waals surface area contributed by atoms with E-state index in [9.17, 15) is 4.79 Å². The Morgan fingerprint density at radius 2 is 2.08 bits per heavy atom. The van der Waals surface area contributed by atoms with Gasteiger partial charge in [-0.05, 0) is 50.0 Å². The Balaban J connectivity index is 1.56. The lowest BCUT2D eigenvalue weighted by atomic mass is 9.89. The second kappa shape index (κ2) is 8.96. The Morgan fingerprint density at radius 1 is 1.36 bits per heavy atom. The Kier molecular flexibility index (Phi) is 6.67. The highest BCUT2D eigenvalue weighted by Crippen LogP contribution is 2.28. The van der Waals surface area contributed by atoms with Crippen molar-refractivity contribution in [1.82, 2.24) is 15.1 Å². The molecule has 1 heterocycles. The quantitative estimate of drug-likeness (QED) is 0.563. The fourth-order valence-corrected chi connectivity index (χ4v) is 5.56. The lowest BCUT2D eigenvalue weighted by Crippen LogP contribution is -2.35. The molecular weight excluding hydrogens is 370 g/mol. The lowest BCUT2D eigenvalue weighted by Gasteiger charge is -2.22. The molecule has 1 amide bonds. The number of thioether (sulfide) groups is 1. The number of hydrogen-bond donors (Lipinski definition) is 1. The lowest BCUT2D eigenvalue weighted by molar-refractivity contribution is -0.120. The molecule has 1 aromatic carbocycles. The van der Waals surface area contributed by atoms with E-state index in [-0.39, 0.29) is 11.2 Å². The van der Waals surface area contributed by atoms with Crippen molar-refractivity contribution >= 4 is 41.2 Å². The highest BCUT2D eigenvalue weighted by Gasteiger charge is 2.19. The number of nitrogens with one attached hydrogen (secondary N) is 1. The summed E-state index contributed by atoms with van der Waals surface area (Å²) < 4.78 is 3.28. The average molecular weight is 394 g/mol. The van der Waals surface area contributed by atoms with E-state index < -0.39 is 0 Å². The normalized spacial score (nSPS) is 16.5. The first-order chi connectivity index (χ1) is 12.1. The van der Waals surface area contributed by atoms with Crippen LogP contribution in [0.25, 0.3) is 5.69 Å². The number of para-hydroxylation sites is 1. The zero-order chi connectivity index (χ0) is 17.6. The van der Waals surface area contributed by atoms with Gasteiger partial charge in [0.2, 0.25) is 5.91 Å². The molecule has 1 aromatic heterocycles. The number of amides is 1. The predicted molar refractivity (Wildman–Crippen MR) is 107 cm³/mol. The number of carbonyl (C=O) groups excluding carboxylic acids is 1. The van der Waals surface area contributed by atoms with Gasteiger partial charge in [-0.15, -0.1) is 5.10 Å². The van der Waals surface area contributed by atoms with Crippen LogP contribution in [-0.4, -0.2) is 27.5 Å². The van der Waals surface area contributed by atoms with E-state index in [0.29, 0.717) is 9.87 Å². The molecule has 1 N–H and O–H groups in total. The van der Waals surface area contributed by atoms with Crippen LogP contribution in [0.4, 0.5) is 0 Å². The van der Waals surface area contributed by atoms with Gasteiger partial charge < -0.3 is 5.32 Å². The van der Waals surface area contributed by atoms with E-state index >= 15 is 0 Å². The van der Waals surface area contributed by atoms with Gasteiger partial charge in [0.15, 0.2) is 8.29 Å². The van der Waals surface area contributed by atoms with E-state index in [1.807, 2.05) is 37.3 Å². The molecule has 134 valence electrons. The fourth-order valence-electron chi connectivity index (χ4n) is 3.03. The Labute approximate surface area is 162 Å². The van der Waals surface area contributed by atoms with E-state index in [1.54, 1.807) is 4.68 Å². The number of rotatable bonds is 6. The van der Waals surface area contributed by atoms with E-state index in [4.69, 9.17) is 12.2 Å². The Bertz CT molecular complexity index is 750. The minimum atomic E-state index is -0.173. The summed E-state index contributed by atoms with van der Waals surface area (Å²) in [5.41, 5.74) is 0.949. The van der Waals surface area contributed by atoms with Crippen molar-refractivity contribution in [3.05, 3.63) is 34.3 Å². The molecule has 3 rings (SSSR count). The van der Waals surface area contributed by atoms with Gasteiger partial charge in [0, 0.05) is 6.54 Å². The molecule has 0 saturated heterocycles. The molecule has 1 saturated carbocycles. The SMILES string of the molecule is C[C@H](Sc1nn(-c2ccccc2)c(=S)s1)C(=O)NCC1CCCCC1. The van der Waals surface area contributed by atoms with Crippen LogP contribution in [0.15, 0.2) is 34.7 Å². The van der Waals surface area contributed by atoms with Gasteiger partial charge in [0.1, 0.15) is 0 Å². The summed E-state index contributed by atoms with van der Waals surface area (Å²) >= 11 is 8.34. The van der Waals surface area contributed by atoms with Crippen LogP contribution in [-0.2, 0) is 4.79 Å². The van der Waals surface area contributed by atoms with Crippen LogP contribution in [0.2, 0.25) is 0 Å². The second-order valence-electron chi connectivity index (χ2n) is 6.39. The van der Waals surface area contributed by atoms with Crippen molar-refractivity contribution in [2.45, 2.75) is 48.6 Å². The largest absolute Gasteiger partial charge is 0.355 e. The van der Waals surface area contributed by atoms with Crippen LogP contribution in [0.3, 0.4) is 0 Å². The minimum Gasteiger partial charge on any atom is -0.355 e. The number of aromatic nitrogens is 2. The summed E-state index contributed by atoms with van der Waals surface area (Å²) in [7, 11) is 0. The smallest absolute Gasteiger partial charge is 0.233 e. The second-order valence-corrected chi connectivity index (χ2v) is 9.60. The summed E-state index contributed by atoms with van der Waals surface area (Å²) in [4.78, 5) is 12.4. The third kappa shape index (κ3) is 5.15. The molecule has 0 spiro atoms. The van der Waals surface area contributed by atoms with E-state index in [2.05, 4.69) is 10.4 Å². The summed E-state index contributed by atoms with van der Waals surface area (Å²) in [5, 5.41) is 7.50. The number of hydrogen-bond acceptors (Lipinski definition) is 5. The molecule has 0 bridgehead atoms. The van der Waals surface area contributed by atoms with Gasteiger partial charge in [-0.3, -0.25) is 4.79 Å². The van der Waals surface area contributed by atoms with Crippen LogP contribution in [0.1, 0.15) is 39.0 Å². The van der Waals surface area contributed by atoms with Crippen molar-refractivity contribution in [1.29, 1.82) is 0 Å². The van der Waals surface area contributed by atoms with Crippen LogP contribution < -0.4 is 5.32 Å². The van der Waals surface area contributed by atoms with Gasteiger partial charge in [0.05, 0.1) is 10.9 Å².